The number of ether oxygens (including phenoxy) is 1. The van der Waals surface area contributed by atoms with E-state index in [0.29, 0.717) is 38.1 Å². The molecule has 2 amide bonds. The van der Waals surface area contributed by atoms with Gasteiger partial charge in [-0.25, -0.2) is 0 Å². The van der Waals surface area contributed by atoms with E-state index in [1.54, 1.807) is 4.90 Å². The van der Waals surface area contributed by atoms with Gasteiger partial charge >= 0.3 is 11.8 Å². The molecular formula is C26H28N2O3. The van der Waals surface area contributed by atoms with Gasteiger partial charge in [0.25, 0.3) is 0 Å². The second-order valence-corrected chi connectivity index (χ2v) is 9.61. The highest BCUT2D eigenvalue weighted by Crippen LogP contribution is 2.55. The Bertz CT molecular complexity index is 997. The van der Waals surface area contributed by atoms with Crippen molar-refractivity contribution in [3.63, 3.8) is 0 Å². The molecule has 1 atom stereocenters. The molecule has 1 aliphatic heterocycles. The summed E-state index contributed by atoms with van der Waals surface area (Å²) in [6, 6.07) is 17.4. The Morgan fingerprint density at radius 1 is 1.00 bits per heavy atom. The molecule has 4 aliphatic carbocycles. The summed E-state index contributed by atoms with van der Waals surface area (Å²) in [6.07, 6.45) is 4.12. The summed E-state index contributed by atoms with van der Waals surface area (Å²) in [5, 5.41) is 2.99. The third-order valence-corrected chi connectivity index (χ3v) is 7.94. The predicted octanol–water partition coefficient (Wildman–Crippen LogP) is 3.18. The van der Waals surface area contributed by atoms with Crippen LogP contribution in [0.1, 0.15) is 59.8 Å². The van der Waals surface area contributed by atoms with Gasteiger partial charge in [-0.1, -0.05) is 48.5 Å². The number of benzene rings is 2. The van der Waals surface area contributed by atoms with E-state index in [2.05, 4.69) is 53.8 Å². The lowest BCUT2D eigenvalue weighted by molar-refractivity contribution is -0.170. The van der Waals surface area contributed by atoms with Crippen LogP contribution in [-0.2, 0) is 14.3 Å². The molecule has 1 heterocycles. The number of fused-ring (bicyclic) bond motifs is 1. The smallest absolute Gasteiger partial charge is 0.312 e. The second-order valence-electron chi connectivity index (χ2n) is 9.61. The lowest BCUT2D eigenvalue weighted by Gasteiger charge is -2.48. The molecule has 31 heavy (non-hydrogen) atoms. The van der Waals surface area contributed by atoms with E-state index in [4.69, 9.17) is 4.74 Å². The quantitative estimate of drug-likeness (QED) is 0.765. The Hall–Kier alpha value is -2.66. The fourth-order valence-corrected chi connectivity index (χ4v) is 6.29. The number of carbonyl (C=O) groups is 2. The van der Waals surface area contributed by atoms with Gasteiger partial charge in [0.15, 0.2) is 0 Å². The first-order chi connectivity index (χ1) is 15.2. The molecular weight excluding hydrogens is 388 g/mol. The number of nitrogens with zero attached hydrogens (tertiary/aromatic N) is 1. The van der Waals surface area contributed by atoms with Crippen molar-refractivity contribution in [2.24, 2.45) is 5.92 Å². The average molecular weight is 417 g/mol. The van der Waals surface area contributed by atoms with E-state index in [9.17, 15) is 9.59 Å². The first-order valence-electron chi connectivity index (χ1n) is 11.5. The second kappa shape index (κ2) is 7.20. The van der Waals surface area contributed by atoms with Crippen LogP contribution in [0.4, 0.5) is 0 Å². The van der Waals surface area contributed by atoms with Gasteiger partial charge in [-0.15, -0.1) is 0 Å². The highest BCUT2D eigenvalue weighted by Gasteiger charge is 2.45. The average Bonchev–Trinajstić information content (AvgIpc) is 2.81. The number of rotatable bonds is 2. The summed E-state index contributed by atoms with van der Waals surface area (Å²) in [6.45, 7) is 2.11. The van der Waals surface area contributed by atoms with Gasteiger partial charge in [0.1, 0.15) is 0 Å². The molecule has 160 valence electrons. The monoisotopic (exact) mass is 416 g/mol. The number of nitrogens with one attached hydrogen (secondary N) is 1. The predicted molar refractivity (Wildman–Crippen MR) is 117 cm³/mol. The van der Waals surface area contributed by atoms with Gasteiger partial charge in [-0.2, -0.15) is 0 Å². The highest BCUT2D eigenvalue weighted by molar-refractivity contribution is 6.35. The number of carbonyl (C=O) groups excluding carboxylic acids is 2. The maximum Gasteiger partial charge on any atom is 0.312 e. The molecule has 2 fully saturated rings. The molecule has 1 saturated carbocycles. The molecule has 2 aromatic rings. The molecule has 1 saturated heterocycles. The van der Waals surface area contributed by atoms with E-state index in [0.717, 1.165) is 25.7 Å². The Kier molecular flexibility index (Phi) is 4.42. The van der Waals surface area contributed by atoms with Crippen molar-refractivity contribution in [3.8, 4) is 0 Å². The van der Waals surface area contributed by atoms with Gasteiger partial charge in [-0.05, 0) is 53.9 Å². The first-order valence-corrected chi connectivity index (χ1v) is 11.5. The lowest BCUT2D eigenvalue weighted by Crippen LogP contribution is -2.59. The van der Waals surface area contributed by atoms with Crippen LogP contribution in [0.2, 0.25) is 0 Å². The van der Waals surface area contributed by atoms with Crippen molar-refractivity contribution in [3.05, 3.63) is 70.8 Å². The fourth-order valence-electron chi connectivity index (χ4n) is 6.29. The van der Waals surface area contributed by atoms with Gasteiger partial charge in [0.2, 0.25) is 0 Å². The standard InChI is InChI=1S/C26H28N2O3/c29-24(25(30)28-12-13-31-26(16-28)10-5-11-26)27-15-17-14-22-18-6-1-3-8-20(18)23(17)21-9-4-2-7-19(21)22/h1-4,6-9,17,22-23H,5,10-16H2,(H,27,29). The molecule has 1 N–H and O–H groups in total. The van der Waals surface area contributed by atoms with Crippen molar-refractivity contribution < 1.29 is 14.3 Å². The summed E-state index contributed by atoms with van der Waals surface area (Å²) in [5.41, 5.74) is 5.41. The summed E-state index contributed by atoms with van der Waals surface area (Å²) in [4.78, 5) is 27.3. The third-order valence-electron chi connectivity index (χ3n) is 7.94. The SMILES string of the molecule is O=C(NCC1CC2c3ccccc3C1c1ccccc12)C(=O)N1CCOC2(CCC2)C1. The summed E-state index contributed by atoms with van der Waals surface area (Å²) < 4.78 is 5.89. The van der Waals surface area contributed by atoms with Crippen LogP contribution >= 0.6 is 0 Å². The van der Waals surface area contributed by atoms with Crippen molar-refractivity contribution in [2.45, 2.75) is 43.1 Å². The largest absolute Gasteiger partial charge is 0.371 e. The minimum absolute atomic E-state index is 0.190. The molecule has 1 spiro atoms. The lowest BCUT2D eigenvalue weighted by atomic mass is 9.59. The molecule has 1 unspecified atom stereocenters. The van der Waals surface area contributed by atoms with Crippen molar-refractivity contribution in [1.82, 2.24) is 10.2 Å². The van der Waals surface area contributed by atoms with Crippen LogP contribution in [0, 0.1) is 5.92 Å². The zero-order valence-electron chi connectivity index (χ0n) is 17.7. The van der Waals surface area contributed by atoms with E-state index >= 15 is 0 Å². The first kappa shape index (κ1) is 19.1. The minimum Gasteiger partial charge on any atom is -0.371 e. The maximum absolute atomic E-state index is 12.8. The molecule has 5 heteroatoms. The Morgan fingerprint density at radius 2 is 1.65 bits per heavy atom. The van der Waals surface area contributed by atoms with Crippen LogP contribution in [-0.4, -0.2) is 48.6 Å². The number of amides is 2. The van der Waals surface area contributed by atoms with E-state index < -0.39 is 11.8 Å². The topological polar surface area (TPSA) is 58.6 Å². The van der Waals surface area contributed by atoms with E-state index in [-0.39, 0.29) is 11.5 Å². The summed E-state index contributed by atoms with van der Waals surface area (Å²) in [5.74, 6) is 0.0621. The van der Waals surface area contributed by atoms with Gasteiger partial charge in [0.05, 0.1) is 18.8 Å². The zero-order chi connectivity index (χ0) is 21.0. The number of morpholine rings is 1. The Morgan fingerprint density at radius 3 is 2.26 bits per heavy atom. The minimum atomic E-state index is -0.473. The molecule has 5 nitrogen and oxygen atoms in total. The Labute approximate surface area is 182 Å². The van der Waals surface area contributed by atoms with Crippen molar-refractivity contribution >= 4 is 11.8 Å². The summed E-state index contributed by atoms with van der Waals surface area (Å²) >= 11 is 0. The zero-order valence-corrected chi connectivity index (χ0v) is 17.7. The molecule has 2 bridgehead atoms. The molecule has 5 aliphatic rings. The number of hydrogen-bond acceptors (Lipinski definition) is 3. The molecule has 0 radical (unpaired) electrons. The highest BCUT2D eigenvalue weighted by atomic mass is 16.5. The van der Waals surface area contributed by atoms with E-state index in [1.165, 1.54) is 22.3 Å². The van der Waals surface area contributed by atoms with Crippen LogP contribution < -0.4 is 5.32 Å². The molecule has 2 aromatic carbocycles. The van der Waals surface area contributed by atoms with Crippen LogP contribution in [0.3, 0.4) is 0 Å². The van der Waals surface area contributed by atoms with Crippen molar-refractivity contribution in [2.75, 3.05) is 26.2 Å². The van der Waals surface area contributed by atoms with Gasteiger partial charge in [-0.3, -0.25) is 9.59 Å². The third kappa shape index (κ3) is 3.01. The van der Waals surface area contributed by atoms with Gasteiger partial charge < -0.3 is 15.0 Å². The molecule has 7 rings (SSSR count). The van der Waals surface area contributed by atoms with Crippen LogP contribution in [0.5, 0.6) is 0 Å². The molecule has 0 aromatic heterocycles. The maximum atomic E-state index is 12.8. The van der Waals surface area contributed by atoms with Gasteiger partial charge in [0, 0.05) is 24.9 Å². The van der Waals surface area contributed by atoms with Crippen LogP contribution in [0.25, 0.3) is 0 Å². The van der Waals surface area contributed by atoms with Crippen LogP contribution in [0.15, 0.2) is 48.5 Å². The number of hydrogen-bond donors (Lipinski definition) is 1. The fraction of sp³-hybridized carbons (Fsp3) is 0.462. The Balaban J connectivity index is 1.17. The normalized spacial score (nSPS) is 27.2. The van der Waals surface area contributed by atoms with Crippen molar-refractivity contribution in [1.29, 1.82) is 0 Å². The van der Waals surface area contributed by atoms with E-state index in [1.807, 2.05) is 0 Å². The summed E-state index contributed by atoms with van der Waals surface area (Å²) in [7, 11) is 0.